The summed E-state index contributed by atoms with van der Waals surface area (Å²) < 4.78 is 50.6. The van der Waals surface area contributed by atoms with E-state index in [9.17, 15) is 22.5 Å². The van der Waals surface area contributed by atoms with E-state index in [1.54, 1.807) is 12.2 Å². The quantitative estimate of drug-likeness (QED) is 0.803. The minimum Gasteiger partial charge on any atom is -0.616 e. The molecule has 122 valence electrons. The van der Waals surface area contributed by atoms with Gasteiger partial charge >= 0.3 is 12.1 Å². The first-order valence-corrected chi connectivity index (χ1v) is 8.38. The van der Waals surface area contributed by atoms with Gasteiger partial charge in [-0.2, -0.15) is 13.2 Å². The Morgan fingerprint density at radius 3 is 2.73 bits per heavy atom. The number of halogens is 3. The second-order valence-corrected chi connectivity index (χ2v) is 7.25. The zero-order valence-electron chi connectivity index (χ0n) is 11.8. The first-order valence-electron chi connectivity index (χ1n) is 6.99. The highest BCUT2D eigenvalue weighted by atomic mass is 32.2. The van der Waals surface area contributed by atoms with Gasteiger partial charge in [-0.05, 0) is 35.5 Å². The Labute approximate surface area is 129 Å². The van der Waals surface area contributed by atoms with Crippen molar-refractivity contribution in [2.75, 3.05) is 5.75 Å². The minimum absolute atomic E-state index is 0.0938. The number of carbonyl (C=O) groups is 1. The average molecular weight is 334 g/mol. The standard InChI is InChI=1S/C15H17F3O3S/c16-15(17,18)12-4-2-1-3-10(7-12)11-5-6-13(8-11)22(21)9-14(19)20/h1-4,7,11-13H,5-6,8-9H2,(H,19,20). The molecule has 0 aromatic heterocycles. The van der Waals surface area contributed by atoms with Gasteiger partial charge in [0.2, 0.25) is 5.75 Å². The maximum atomic E-state index is 12.9. The van der Waals surface area contributed by atoms with Crippen LogP contribution in [-0.2, 0) is 16.0 Å². The highest BCUT2D eigenvalue weighted by Crippen LogP contribution is 2.39. The van der Waals surface area contributed by atoms with Crippen molar-refractivity contribution in [1.29, 1.82) is 0 Å². The summed E-state index contributed by atoms with van der Waals surface area (Å²) in [6.07, 6.45) is 4.33. The molecule has 4 unspecified atom stereocenters. The molecule has 7 heteroatoms. The van der Waals surface area contributed by atoms with Gasteiger partial charge < -0.3 is 9.66 Å². The molecule has 0 aliphatic heterocycles. The highest BCUT2D eigenvalue weighted by Gasteiger charge is 2.39. The SMILES string of the molecule is O=C(O)C[S+]([O-])C1CCC(C2=CC(C(F)(F)F)C=CC=C2)C1. The lowest BCUT2D eigenvalue weighted by Gasteiger charge is -2.18. The normalized spacial score (nSPS) is 30.0. The third-order valence-electron chi connectivity index (χ3n) is 3.96. The molecule has 0 aromatic carbocycles. The molecule has 0 heterocycles. The molecule has 3 nitrogen and oxygen atoms in total. The molecule has 0 aromatic rings. The van der Waals surface area contributed by atoms with E-state index in [1.807, 2.05) is 0 Å². The van der Waals surface area contributed by atoms with Crippen molar-refractivity contribution in [3.8, 4) is 0 Å². The van der Waals surface area contributed by atoms with Crippen LogP contribution in [0.4, 0.5) is 13.2 Å². The van der Waals surface area contributed by atoms with E-state index >= 15 is 0 Å². The zero-order valence-corrected chi connectivity index (χ0v) is 12.6. The molecule has 2 aliphatic rings. The van der Waals surface area contributed by atoms with Crippen molar-refractivity contribution in [2.24, 2.45) is 11.8 Å². The Morgan fingerprint density at radius 1 is 1.36 bits per heavy atom. The summed E-state index contributed by atoms with van der Waals surface area (Å²) in [5.41, 5.74) is 0.599. The van der Waals surface area contributed by atoms with Gasteiger partial charge in [-0.3, -0.25) is 0 Å². The zero-order chi connectivity index (χ0) is 16.3. The monoisotopic (exact) mass is 334 g/mol. The van der Waals surface area contributed by atoms with Crippen molar-refractivity contribution in [2.45, 2.75) is 30.7 Å². The second kappa shape index (κ2) is 6.91. The lowest BCUT2D eigenvalue weighted by molar-refractivity contribution is -0.149. The van der Waals surface area contributed by atoms with Gasteiger partial charge in [0.1, 0.15) is 5.25 Å². The molecule has 0 bridgehead atoms. The number of aliphatic carboxylic acids is 1. The van der Waals surface area contributed by atoms with Gasteiger partial charge in [-0.25, -0.2) is 4.79 Å². The molecule has 1 fully saturated rings. The molecule has 1 saturated carbocycles. The molecule has 0 saturated heterocycles. The number of alkyl halides is 3. The van der Waals surface area contributed by atoms with Crippen molar-refractivity contribution < 1.29 is 27.6 Å². The van der Waals surface area contributed by atoms with Gasteiger partial charge in [0.05, 0.1) is 5.92 Å². The lowest BCUT2D eigenvalue weighted by Crippen LogP contribution is -2.26. The van der Waals surface area contributed by atoms with E-state index in [0.717, 1.165) is 6.08 Å². The molecule has 4 atom stereocenters. The van der Waals surface area contributed by atoms with Crippen LogP contribution in [-0.4, -0.2) is 32.8 Å². The van der Waals surface area contributed by atoms with Crippen molar-refractivity contribution in [1.82, 2.24) is 0 Å². The van der Waals surface area contributed by atoms with Crippen LogP contribution in [0.2, 0.25) is 0 Å². The van der Waals surface area contributed by atoms with E-state index in [0.29, 0.717) is 24.8 Å². The smallest absolute Gasteiger partial charge is 0.398 e. The summed E-state index contributed by atoms with van der Waals surface area (Å²) in [5, 5.41) is 8.42. The fraction of sp³-hybridized carbons (Fsp3) is 0.533. The van der Waals surface area contributed by atoms with Crippen LogP contribution in [0.3, 0.4) is 0 Å². The number of rotatable bonds is 4. The Morgan fingerprint density at radius 2 is 2.09 bits per heavy atom. The van der Waals surface area contributed by atoms with Crippen LogP contribution in [0.15, 0.2) is 36.0 Å². The van der Waals surface area contributed by atoms with E-state index in [1.165, 1.54) is 12.2 Å². The maximum absolute atomic E-state index is 12.9. The summed E-state index contributed by atoms with van der Waals surface area (Å²) in [6.45, 7) is 0. The number of hydrogen-bond donors (Lipinski definition) is 1. The number of carboxylic acids is 1. The Kier molecular flexibility index (Phi) is 5.39. The molecular weight excluding hydrogens is 317 g/mol. The van der Waals surface area contributed by atoms with E-state index in [-0.39, 0.29) is 11.2 Å². The number of hydrogen-bond acceptors (Lipinski definition) is 2. The molecule has 0 amide bonds. The van der Waals surface area contributed by atoms with Crippen LogP contribution < -0.4 is 0 Å². The first kappa shape index (κ1) is 17.1. The second-order valence-electron chi connectivity index (χ2n) is 5.53. The summed E-state index contributed by atoms with van der Waals surface area (Å²) >= 11 is -1.47. The van der Waals surface area contributed by atoms with Crippen molar-refractivity contribution in [3.63, 3.8) is 0 Å². The van der Waals surface area contributed by atoms with Crippen molar-refractivity contribution in [3.05, 3.63) is 36.0 Å². The maximum Gasteiger partial charge on any atom is 0.398 e. The molecule has 2 rings (SSSR count). The molecule has 0 radical (unpaired) electrons. The summed E-state index contributed by atoms with van der Waals surface area (Å²) in [5.74, 6) is -3.22. The molecule has 0 spiro atoms. The molecule has 2 aliphatic carbocycles. The van der Waals surface area contributed by atoms with E-state index in [2.05, 4.69) is 0 Å². The summed E-state index contributed by atoms with van der Waals surface area (Å²) in [6, 6.07) is 0. The lowest BCUT2D eigenvalue weighted by atomic mass is 9.94. The van der Waals surface area contributed by atoms with Gasteiger partial charge in [-0.1, -0.05) is 30.4 Å². The van der Waals surface area contributed by atoms with Crippen LogP contribution in [0.1, 0.15) is 19.3 Å². The van der Waals surface area contributed by atoms with Gasteiger partial charge in [-0.15, -0.1) is 0 Å². The Hall–Kier alpha value is -1.21. The van der Waals surface area contributed by atoms with Gasteiger partial charge in [0.15, 0.2) is 0 Å². The first-order chi connectivity index (χ1) is 10.3. The molecule has 22 heavy (non-hydrogen) atoms. The molecule has 1 N–H and O–H groups in total. The van der Waals surface area contributed by atoms with E-state index in [4.69, 9.17) is 5.11 Å². The van der Waals surface area contributed by atoms with Crippen molar-refractivity contribution >= 4 is 17.1 Å². The number of allylic oxidation sites excluding steroid dienone is 6. The fourth-order valence-electron chi connectivity index (χ4n) is 2.87. The largest absolute Gasteiger partial charge is 0.616 e. The Balaban J connectivity index is 2.06. The number of carboxylic acid groups (broad SMARTS) is 1. The van der Waals surface area contributed by atoms with Crippen LogP contribution >= 0.6 is 0 Å². The summed E-state index contributed by atoms with van der Waals surface area (Å²) in [4.78, 5) is 10.6. The van der Waals surface area contributed by atoms with Gasteiger partial charge in [0, 0.05) is 6.42 Å². The minimum atomic E-state index is -4.32. The predicted molar refractivity (Wildman–Crippen MR) is 77.7 cm³/mol. The summed E-state index contributed by atoms with van der Waals surface area (Å²) in [7, 11) is 0. The molecular formula is C15H17F3O3S. The highest BCUT2D eigenvalue weighted by molar-refractivity contribution is 7.92. The Bertz CT molecular complexity index is 511. The average Bonchev–Trinajstić information content (AvgIpc) is 2.74. The van der Waals surface area contributed by atoms with Crippen LogP contribution in [0.5, 0.6) is 0 Å². The third-order valence-corrected chi connectivity index (χ3v) is 5.66. The van der Waals surface area contributed by atoms with Gasteiger partial charge in [0.25, 0.3) is 0 Å². The van der Waals surface area contributed by atoms with Crippen LogP contribution in [0.25, 0.3) is 0 Å². The third kappa shape index (κ3) is 4.39. The topological polar surface area (TPSA) is 60.4 Å². The van der Waals surface area contributed by atoms with E-state index < -0.39 is 35.0 Å². The van der Waals surface area contributed by atoms with Crippen LogP contribution in [0, 0.1) is 11.8 Å². The predicted octanol–water partition coefficient (Wildman–Crippen LogP) is 3.22. The fourth-order valence-corrected chi connectivity index (χ4v) is 4.19.